The van der Waals surface area contributed by atoms with Crippen LogP contribution in [0.15, 0.2) is 12.4 Å². The summed E-state index contributed by atoms with van der Waals surface area (Å²) >= 11 is 0. The summed E-state index contributed by atoms with van der Waals surface area (Å²) < 4.78 is 2.07. The molecular weight excluding hydrogens is 162 g/mol. The highest BCUT2D eigenvalue weighted by molar-refractivity contribution is 4.92. The minimum Gasteiger partial charge on any atom is -0.338 e. The number of aromatic nitrogens is 2. The quantitative estimate of drug-likeness (QED) is 0.761. The Morgan fingerprint density at radius 2 is 2.23 bits per heavy atom. The topological polar surface area (TPSA) is 43.8 Å². The molecule has 0 saturated carbocycles. The van der Waals surface area contributed by atoms with E-state index in [1.165, 1.54) is 0 Å². The maximum atomic E-state index is 5.73. The third kappa shape index (κ3) is 3.19. The fraction of sp³-hybridized carbons (Fsp3) is 0.700. The van der Waals surface area contributed by atoms with E-state index in [1.54, 1.807) is 0 Å². The van der Waals surface area contributed by atoms with Gasteiger partial charge in [-0.2, -0.15) is 0 Å². The van der Waals surface area contributed by atoms with Crippen molar-refractivity contribution >= 4 is 0 Å². The van der Waals surface area contributed by atoms with E-state index in [0.29, 0.717) is 5.92 Å². The average Bonchev–Trinajstić information content (AvgIpc) is 2.34. The molecular formula is C10H19N3. The zero-order valence-electron chi connectivity index (χ0n) is 8.70. The first kappa shape index (κ1) is 10.3. The van der Waals surface area contributed by atoms with Gasteiger partial charge in [-0.05, 0) is 19.3 Å². The third-order valence-corrected chi connectivity index (χ3v) is 2.23. The van der Waals surface area contributed by atoms with Gasteiger partial charge in [0.15, 0.2) is 0 Å². The van der Waals surface area contributed by atoms with Gasteiger partial charge in [0.05, 0.1) is 0 Å². The van der Waals surface area contributed by atoms with Crippen LogP contribution in [-0.2, 0) is 13.5 Å². The number of hydrogen-bond donors (Lipinski definition) is 1. The monoisotopic (exact) mass is 181 g/mol. The number of nitrogens with two attached hydrogens (primary N) is 1. The summed E-state index contributed by atoms with van der Waals surface area (Å²) in [5.74, 6) is 1.76. The normalized spacial score (nSPS) is 15.7. The molecule has 0 saturated heterocycles. The van der Waals surface area contributed by atoms with Crippen molar-refractivity contribution < 1.29 is 0 Å². The molecule has 2 N–H and O–H groups in total. The molecule has 13 heavy (non-hydrogen) atoms. The zero-order chi connectivity index (χ0) is 9.84. The van der Waals surface area contributed by atoms with Crippen molar-refractivity contribution in [3.8, 4) is 0 Å². The number of rotatable bonds is 4. The first-order chi connectivity index (χ1) is 6.09. The van der Waals surface area contributed by atoms with Gasteiger partial charge in [-0.1, -0.05) is 6.92 Å². The highest BCUT2D eigenvalue weighted by Crippen LogP contribution is 2.10. The van der Waals surface area contributed by atoms with Gasteiger partial charge in [0.1, 0.15) is 5.82 Å². The maximum Gasteiger partial charge on any atom is 0.108 e. The van der Waals surface area contributed by atoms with Gasteiger partial charge >= 0.3 is 0 Å². The minimum atomic E-state index is 0.287. The van der Waals surface area contributed by atoms with E-state index in [1.807, 2.05) is 19.4 Å². The summed E-state index contributed by atoms with van der Waals surface area (Å²) in [4.78, 5) is 4.29. The SMILES string of the molecule is CC(N)CC(C)Cc1nccn1C. The molecule has 0 bridgehead atoms. The summed E-state index contributed by atoms with van der Waals surface area (Å²) in [5.41, 5.74) is 5.73. The Kier molecular flexibility index (Phi) is 3.48. The highest BCUT2D eigenvalue weighted by atomic mass is 15.0. The molecule has 0 aliphatic carbocycles. The van der Waals surface area contributed by atoms with E-state index < -0.39 is 0 Å². The predicted molar refractivity (Wildman–Crippen MR) is 54.3 cm³/mol. The van der Waals surface area contributed by atoms with Crippen LogP contribution in [0, 0.1) is 5.92 Å². The molecule has 1 heterocycles. The molecule has 74 valence electrons. The molecule has 0 radical (unpaired) electrons. The van der Waals surface area contributed by atoms with Crippen molar-refractivity contribution in [1.82, 2.24) is 9.55 Å². The van der Waals surface area contributed by atoms with E-state index in [-0.39, 0.29) is 6.04 Å². The van der Waals surface area contributed by atoms with Crippen LogP contribution < -0.4 is 5.73 Å². The molecule has 0 fully saturated rings. The van der Waals surface area contributed by atoms with Crippen LogP contribution in [0.25, 0.3) is 0 Å². The van der Waals surface area contributed by atoms with Crippen molar-refractivity contribution in [2.45, 2.75) is 32.7 Å². The van der Waals surface area contributed by atoms with Gasteiger partial charge in [0, 0.05) is 31.9 Å². The lowest BCUT2D eigenvalue weighted by Crippen LogP contribution is -2.20. The number of imidazole rings is 1. The van der Waals surface area contributed by atoms with E-state index in [9.17, 15) is 0 Å². The van der Waals surface area contributed by atoms with E-state index in [2.05, 4.69) is 23.4 Å². The second-order valence-corrected chi connectivity index (χ2v) is 3.98. The number of aryl methyl sites for hydroxylation is 1. The standard InChI is InChI=1S/C10H19N3/c1-8(6-9(2)11)7-10-12-4-5-13(10)3/h4-5,8-9H,6-7,11H2,1-3H3. The van der Waals surface area contributed by atoms with Crippen LogP contribution in [-0.4, -0.2) is 15.6 Å². The van der Waals surface area contributed by atoms with Crippen molar-refractivity contribution in [2.75, 3.05) is 0 Å². The van der Waals surface area contributed by atoms with Crippen molar-refractivity contribution in [3.63, 3.8) is 0 Å². The molecule has 3 heteroatoms. The van der Waals surface area contributed by atoms with E-state index >= 15 is 0 Å². The predicted octanol–water partition coefficient (Wildman–Crippen LogP) is 1.34. The second-order valence-electron chi connectivity index (χ2n) is 3.98. The van der Waals surface area contributed by atoms with Gasteiger partial charge in [-0.3, -0.25) is 0 Å². The van der Waals surface area contributed by atoms with Crippen molar-refractivity contribution in [2.24, 2.45) is 18.7 Å². The average molecular weight is 181 g/mol. The van der Waals surface area contributed by atoms with E-state index in [4.69, 9.17) is 5.73 Å². The molecule has 0 aliphatic heterocycles. The number of nitrogens with zero attached hydrogens (tertiary/aromatic N) is 2. The van der Waals surface area contributed by atoms with E-state index in [0.717, 1.165) is 18.7 Å². The lowest BCUT2D eigenvalue weighted by atomic mass is 9.99. The fourth-order valence-electron chi connectivity index (χ4n) is 1.62. The fourth-order valence-corrected chi connectivity index (χ4v) is 1.62. The molecule has 2 unspecified atom stereocenters. The Hall–Kier alpha value is -0.830. The summed E-state index contributed by atoms with van der Waals surface area (Å²) in [6.45, 7) is 4.27. The Balaban J connectivity index is 2.45. The number of hydrogen-bond acceptors (Lipinski definition) is 2. The Labute approximate surface area is 80.0 Å². The van der Waals surface area contributed by atoms with Gasteiger partial charge in [-0.25, -0.2) is 4.98 Å². The van der Waals surface area contributed by atoms with Crippen LogP contribution in [0.2, 0.25) is 0 Å². The molecule has 1 aromatic rings. The summed E-state index contributed by atoms with van der Waals surface area (Å²) in [6, 6.07) is 0.287. The molecule has 0 amide bonds. The van der Waals surface area contributed by atoms with Crippen LogP contribution in [0.1, 0.15) is 26.1 Å². The van der Waals surface area contributed by atoms with Gasteiger partial charge < -0.3 is 10.3 Å². The summed E-state index contributed by atoms with van der Waals surface area (Å²) in [5, 5.41) is 0. The second kappa shape index (κ2) is 4.42. The molecule has 0 spiro atoms. The minimum absolute atomic E-state index is 0.287. The van der Waals surface area contributed by atoms with Crippen LogP contribution in [0.4, 0.5) is 0 Å². The summed E-state index contributed by atoms with van der Waals surface area (Å²) in [7, 11) is 2.03. The van der Waals surface area contributed by atoms with Gasteiger partial charge in [0.2, 0.25) is 0 Å². The molecule has 2 atom stereocenters. The lowest BCUT2D eigenvalue weighted by molar-refractivity contribution is 0.465. The third-order valence-electron chi connectivity index (χ3n) is 2.23. The summed E-state index contributed by atoms with van der Waals surface area (Å²) in [6.07, 6.45) is 5.90. The lowest BCUT2D eigenvalue weighted by Gasteiger charge is -2.13. The Morgan fingerprint density at radius 1 is 1.54 bits per heavy atom. The van der Waals surface area contributed by atoms with Gasteiger partial charge in [0.25, 0.3) is 0 Å². The molecule has 0 aromatic carbocycles. The molecule has 1 rings (SSSR count). The highest BCUT2D eigenvalue weighted by Gasteiger charge is 2.08. The van der Waals surface area contributed by atoms with Gasteiger partial charge in [-0.15, -0.1) is 0 Å². The first-order valence-corrected chi connectivity index (χ1v) is 4.81. The van der Waals surface area contributed by atoms with Crippen molar-refractivity contribution in [1.29, 1.82) is 0 Å². The molecule has 3 nitrogen and oxygen atoms in total. The molecule has 1 aromatic heterocycles. The molecule has 0 aliphatic rings. The van der Waals surface area contributed by atoms with Crippen LogP contribution in [0.5, 0.6) is 0 Å². The Bertz CT molecular complexity index is 252. The van der Waals surface area contributed by atoms with Crippen LogP contribution >= 0.6 is 0 Å². The zero-order valence-corrected chi connectivity index (χ0v) is 8.70. The maximum absolute atomic E-state index is 5.73. The smallest absolute Gasteiger partial charge is 0.108 e. The van der Waals surface area contributed by atoms with Crippen LogP contribution in [0.3, 0.4) is 0 Å². The Morgan fingerprint density at radius 3 is 2.69 bits per heavy atom. The van der Waals surface area contributed by atoms with Crippen molar-refractivity contribution in [3.05, 3.63) is 18.2 Å². The first-order valence-electron chi connectivity index (χ1n) is 4.81. The largest absolute Gasteiger partial charge is 0.338 e.